The molecular weight excluding hydrogens is 323 g/mol. The van der Waals surface area contributed by atoms with Crippen LogP contribution in [-0.4, -0.2) is 58.5 Å². The molecule has 8 nitrogen and oxygen atoms in total. The molecule has 1 saturated carbocycles. The molecule has 1 aliphatic heterocycles. The Balaban J connectivity index is 0.000000322. The van der Waals surface area contributed by atoms with Gasteiger partial charge in [0, 0.05) is 25.2 Å². The fourth-order valence-electron chi connectivity index (χ4n) is 1.47. The van der Waals surface area contributed by atoms with Gasteiger partial charge in [0.15, 0.2) is 0 Å². The van der Waals surface area contributed by atoms with Crippen LogP contribution < -0.4 is 11.1 Å². The highest BCUT2D eigenvalue weighted by Crippen LogP contribution is 2.31. The predicted molar refractivity (Wildman–Crippen MR) is 68.7 cm³/mol. The van der Waals surface area contributed by atoms with Crippen molar-refractivity contribution >= 4 is 23.7 Å². The first-order chi connectivity index (χ1) is 10.5. The van der Waals surface area contributed by atoms with Gasteiger partial charge in [-0.3, -0.25) is 19.3 Å². The highest BCUT2D eigenvalue weighted by atomic mass is 19.4. The van der Waals surface area contributed by atoms with Crippen molar-refractivity contribution in [2.75, 3.05) is 13.1 Å². The summed E-state index contributed by atoms with van der Waals surface area (Å²) in [5, 5.41) is 9.74. The highest BCUT2D eigenvalue weighted by Gasteiger charge is 2.45. The van der Waals surface area contributed by atoms with E-state index in [-0.39, 0.29) is 30.8 Å². The summed E-state index contributed by atoms with van der Waals surface area (Å²) in [5.41, 5.74) is 4.96. The zero-order valence-corrected chi connectivity index (χ0v) is 11.7. The van der Waals surface area contributed by atoms with Crippen LogP contribution in [0.5, 0.6) is 0 Å². The van der Waals surface area contributed by atoms with Crippen molar-refractivity contribution in [2.45, 2.75) is 24.6 Å². The number of amides is 3. The summed E-state index contributed by atoms with van der Waals surface area (Å²) in [5.74, 6) is -3.65. The van der Waals surface area contributed by atoms with E-state index in [1.54, 1.807) is 0 Å². The van der Waals surface area contributed by atoms with E-state index in [2.05, 4.69) is 5.32 Å². The Labute approximate surface area is 128 Å². The van der Waals surface area contributed by atoms with E-state index in [1.807, 2.05) is 0 Å². The minimum Gasteiger partial charge on any atom is -0.475 e. The van der Waals surface area contributed by atoms with Gasteiger partial charge in [-0.05, 0) is 12.8 Å². The molecule has 0 aromatic carbocycles. The Hall–Kier alpha value is -2.43. The molecule has 1 heterocycles. The predicted octanol–water partition coefficient (Wildman–Crippen LogP) is -0.848. The average molecular weight is 337 g/mol. The molecular formula is C12H14F3N3O5. The van der Waals surface area contributed by atoms with E-state index in [4.69, 9.17) is 15.6 Å². The molecule has 1 aliphatic carbocycles. The lowest BCUT2D eigenvalue weighted by Crippen LogP contribution is -2.46. The van der Waals surface area contributed by atoms with Crippen molar-refractivity contribution in [1.29, 1.82) is 0 Å². The van der Waals surface area contributed by atoms with E-state index < -0.39 is 17.7 Å². The highest BCUT2D eigenvalue weighted by molar-refractivity contribution is 6.12. The standard InChI is InChI=1S/C10H13N3O3.C2HF3O2/c11-10(3-4-10)9(16)12-5-6-13-7(14)1-2-8(13)15;3-2(4,5)1(6)7/h1-2H,3-6,11H2,(H,12,16);(H,6,7). The summed E-state index contributed by atoms with van der Waals surface area (Å²) in [6.07, 6.45) is -1.26. The van der Waals surface area contributed by atoms with E-state index in [0.717, 1.165) is 4.90 Å². The molecule has 0 unspecified atom stereocenters. The van der Waals surface area contributed by atoms with Crippen LogP contribution in [0, 0.1) is 0 Å². The maximum Gasteiger partial charge on any atom is 0.490 e. The number of halogens is 3. The summed E-state index contributed by atoms with van der Waals surface area (Å²) in [4.78, 5) is 43.7. The van der Waals surface area contributed by atoms with Gasteiger partial charge in [-0.25, -0.2) is 4.79 Å². The van der Waals surface area contributed by atoms with Crippen LogP contribution in [0.25, 0.3) is 0 Å². The third kappa shape index (κ3) is 5.36. The van der Waals surface area contributed by atoms with Gasteiger partial charge in [0.2, 0.25) is 5.91 Å². The number of alkyl halides is 3. The minimum absolute atomic E-state index is 0.187. The lowest BCUT2D eigenvalue weighted by Gasteiger charge is -2.15. The summed E-state index contributed by atoms with van der Waals surface area (Å²) >= 11 is 0. The van der Waals surface area contributed by atoms with E-state index in [1.165, 1.54) is 12.2 Å². The van der Waals surface area contributed by atoms with Gasteiger partial charge in [-0.15, -0.1) is 0 Å². The van der Waals surface area contributed by atoms with Crippen LogP contribution >= 0.6 is 0 Å². The van der Waals surface area contributed by atoms with Crippen molar-refractivity contribution in [2.24, 2.45) is 5.73 Å². The fraction of sp³-hybridized carbons (Fsp3) is 0.500. The van der Waals surface area contributed by atoms with E-state index >= 15 is 0 Å². The average Bonchev–Trinajstić information content (AvgIpc) is 3.11. The summed E-state index contributed by atoms with van der Waals surface area (Å²) < 4.78 is 31.7. The number of carboxylic acid groups (broad SMARTS) is 1. The van der Waals surface area contributed by atoms with Crippen LogP contribution in [0.15, 0.2) is 12.2 Å². The second kappa shape index (κ2) is 6.77. The maximum atomic E-state index is 11.4. The fourth-order valence-corrected chi connectivity index (χ4v) is 1.47. The molecule has 0 bridgehead atoms. The summed E-state index contributed by atoms with van der Waals surface area (Å²) in [6.45, 7) is 0.434. The molecule has 0 atom stereocenters. The van der Waals surface area contributed by atoms with Crippen LogP contribution in [0.4, 0.5) is 13.2 Å². The van der Waals surface area contributed by atoms with E-state index in [0.29, 0.717) is 12.8 Å². The molecule has 0 saturated heterocycles. The molecule has 0 radical (unpaired) electrons. The molecule has 0 aromatic heterocycles. The molecule has 23 heavy (non-hydrogen) atoms. The molecule has 0 spiro atoms. The first kappa shape index (κ1) is 18.6. The number of hydrogen-bond donors (Lipinski definition) is 3. The Bertz CT molecular complexity index is 537. The van der Waals surface area contributed by atoms with Crippen molar-refractivity contribution in [1.82, 2.24) is 10.2 Å². The van der Waals surface area contributed by atoms with Crippen LogP contribution in [0.3, 0.4) is 0 Å². The molecule has 0 aromatic rings. The minimum atomic E-state index is -5.08. The molecule has 2 aliphatic rings. The van der Waals surface area contributed by atoms with Gasteiger partial charge in [0.1, 0.15) is 0 Å². The first-order valence-corrected chi connectivity index (χ1v) is 6.38. The summed E-state index contributed by atoms with van der Waals surface area (Å²) in [7, 11) is 0. The van der Waals surface area contributed by atoms with Gasteiger partial charge >= 0.3 is 12.1 Å². The number of hydrogen-bond acceptors (Lipinski definition) is 5. The molecule has 3 amide bonds. The number of carbonyl (C=O) groups excluding carboxylic acids is 3. The maximum absolute atomic E-state index is 11.4. The molecule has 128 valence electrons. The number of rotatable bonds is 4. The monoisotopic (exact) mass is 337 g/mol. The number of nitrogens with one attached hydrogen (secondary N) is 1. The summed E-state index contributed by atoms with van der Waals surface area (Å²) in [6, 6.07) is 0. The van der Waals surface area contributed by atoms with Crippen molar-refractivity contribution in [3.63, 3.8) is 0 Å². The van der Waals surface area contributed by atoms with Gasteiger partial charge in [-0.1, -0.05) is 0 Å². The Morgan fingerprint density at radius 1 is 1.26 bits per heavy atom. The second-order valence-electron chi connectivity index (χ2n) is 4.88. The quantitative estimate of drug-likeness (QED) is 0.573. The number of aliphatic carboxylic acids is 1. The Morgan fingerprint density at radius 3 is 2.04 bits per heavy atom. The molecule has 1 fully saturated rings. The largest absolute Gasteiger partial charge is 0.490 e. The molecule has 4 N–H and O–H groups in total. The zero-order valence-electron chi connectivity index (χ0n) is 11.7. The van der Waals surface area contributed by atoms with Gasteiger partial charge in [-0.2, -0.15) is 13.2 Å². The Morgan fingerprint density at radius 2 is 1.70 bits per heavy atom. The molecule has 2 rings (SSSR count). The lowest BCUT2D eigenvalue weighted by molar-refractivity contribution is -0.192. The van der Waals surface area contributed by atoms with Gasteiger partial charge in [0.05, 0.1) is 5.54 Å². The first-order valence-electron chi connectivity index (χ1n) is 6.38. The third-order valence-electron chi connectivity index (χ3n) is 3.00. The van der Waals surface area contributed by atoms with Crippen molar-refractivity contribution in [3.05, 3.63) is 12.2 Å². The van der Waals surface area contributed by atoms with Gasteiger partial charge in [0.25, 0.3) is 11.8 Å². The van der Waals surface area contributed by atoms with E-state index in [9.17, 15) is 27.6 Å². The number of nitrogens with two attached hydrogens (primary N) is 1. The lowest BCUT2D eigenvalue weighted by atomic mass is 10.3. The smallest absolute Gasteiger partial charge is 0.475 e. The third-order valence-corrected chi connectivity index (χ3v) is 3.00. The number of carbonyl (C=O) groups is 4. The second-order valence-corrected chi connectivity index (χ2v) is 4.88. The normalized spacial score (nSPS) is 18.3. The number of imide groups is 1. The van der Waals surface area contributed by atoms with Gasteiger partial charge < -0.3 is 16.2 Å². The zero-order chi connectivity index (χ0) is 17.8. The topological polar surface area (TPSA) is 130 Å². The molecule has 11 heteroatoms. The SMILES string of the molecule is NC1(C(=O)NCCN2C(=O)C=CC2=O)CC1.O=C(O)C(F)(F)F. The van der Waals surface area contributed by atoms with Crippen LogP contribution in [0.1, 0.15) is 12.8 Å². The Kier molecular flexibility index (Phi) is 5.48. The number of carboxylic acids is 1. The van der Waals surface area contributed by atoms with Crippen molar-refractivity contribution in [3.8, 4) is 0 Å². The number of nitrogens with zero attached hydrogens (tertiary/aromatic N) is 1. The van der Waals surface area contributed by atoms with Crippen LogP contribution in [-0.2, 0) is 19.2 Å². The van der Waals surface area contributed by atoms with Crippen LogP contribution in [0.2, 0.25) is 0 Å². The van der Waals surface area contributed by atoms with Crippen molar-refractivity contribution < 1.29 is 37.5 Å².